The predicted octanol–water partition coefficient (Wildman–Crippen LogP) is -0.453. The number of hydrogen-bond donors (Lipinski definition) is 2. The first-order valence-electron chi connectivity index (χ1n) is 4.37. The van der Waals surface area contributed by atoms with E-state index in [9.17, 15) is 9.00 Å². The Hall–Kier alpha value is -0.490. The van der Waals surface area contributed by atoms with Crippen LogP contribution in [0.4, 0.5) is 0 Å². The van der Waals surface area contributed by atoms with Gasteiger partial charge in [0.15, 0.2) is 0 Å². The Bertz CT molecular complexity index is 287. The third kappa shape index (κ3) is 2.51. The van der Waals surface area contributed by atoms with E-state index in [1.807, 2.05) is 0 Å². The molecule has 0 radical (unpaired) electrons. The summed E-state index contributed by atoms with van der Waals surface area (Å²) in [6.45, 7) is 0.423. The highest BCUT2D eigenvalue weighted by Gasteiger charge is 2.52. The van der Waals surface area contributed by atoms with Gasteiger partial charge in [-0.2, -0.15) is 0 Å². The van der Waals surface area contributed by atoms with Gasteiger partial charge in [-0.05, 0) is 12.8 Å². The number of nitrogens with two attached hydrogens (primary N) is 1. The smallest absolute Gasteiger partial charge is 0.233 e. The summed E-state index contributed by atoms with van der Waals surface area (Å²) in [5, 5.41) is 2.70. The van der Waals surface area contributed by atoms with Crippen molar-refractivity contribution in [1.82, 2.24) is 5.32 Å². The number of amides is 1. The molecule has 0 aliphatic heterocycles. The minimum atomic E-state index is -0.878. The summed E-state index contributed by atoms with van der Waals surface area (Å²) < 4.78 is 10.7. The van der Waals surface area contributed by atoms with E-state index in [0.29, 0.717) is 12.3 Å². The Morgan fingerprint density at radius 1 is 1.64 bits per heavy atom. The van der Waals surface area contributed by atoms with Crippen LogP contribution in [-0.2, 0) is 15.6 Å². The normalized spacial score (nSPS) is 19.8. The van der Waals surface area contributed by atoms with Gasteiger partial charge in [0.25, 0.3) is 0 Å². The molecule has 1 aliphatic rings. The lowest BCUT2D eigenvalue weighted by atomic mass is 10.1. The van der Waals surface area contributed by atoms with Gasteiger partial charge in [0.05, 0.1) is 10.4 Å². The average molecular weight is 234 g/mol. The van der Waals surface area contributed by atoms with E-state index in [1.54, 1.807) is 6.26 Å². The fourth-order valence-corrected chi connectivity index (χ4v) is 1.87. The monoisotopic (exact) mass is 234 g/mol. The van der Waals surface area contributed by atoms with Crippen LogP contribution in [0.3, 0.4) is 0 Å². The molecule has 0 saturated heterocycles. The highest BCUT2D eigenvalue weighted by molar-refractivity contribution is 7.84. The summed E-state index contributed by atoms with van der Waals surface area (Å²) >= 11 is 4.83. The van der Waals surface area contributed by atoms with Crippen LogP contribution in [0.15, 0.2) is 0 Å². The molecule has 80 valence electrons. The van der Waals surface area contributed by atoms with E-state index >= 15 is 0 Å². The first-order chi connectivity index (χ1) is 6.49. The molecular formula is C8H14N2O2S2. The summed E-state index contributed by atoms with van der Waals surface area (Å²) in [5.41, 5.74) is 4.88. The third-order valence-corrected chi connectivity index (χ3v) is 3.50. The number of nitrogens with one attached hydrogen (secondary N) is 1. The van der Waals surface area contributed by atoms with Gasteiger partial charge in [0, 0.05) is 29.4 Å². The van der Waals surface area contributed by atoms with Gasteiger partial charge in [-0.3, -0.25) is 9.00 Å². The Kier molecular flexibility index (Phi) is 3.60. The van der Waals surface area contributed by atoms with Crippen molar-refractivity contribution in [2.75, 3.05) is 18.6 Å². The van der Waals surface area contributed by atoms with Crippen LogP contribution in [0.25, 0.3) is 0 Å². The minimum absolute atomic E-state index is 0.115. The molecule has 4 nitrogen and oxygen atoms in total. The van der Waals surface area contributed by atoms with Crippen molar-refractivity contribution in [3.05, 3.63) is 0 Å². The van der Waals surface area contributed by atoms with E-state index < -0.39 is 16.2 Å². The molecule has 3 N–H and O–H groups in total. The van der Waals surface area contributed by atoms with Crippen molar-refractivity contribution in [3.63, 3.8) is 0 Å². The van der Waals surface area contributed by atoms with Gasteiger partial charge in [-0.25, -0.2) is 0 Å². The molecule has 6 heteroatoms. The molecule has 1 unspecified atom stereocenters. The lowest BCUT2D eigenvalue weighted by Crippen LogP contribution is -2.40. The summed E-state index contributed by atoms with van der Waals surface area (Å²) in [6.07, 6.45) is 3.08. The number of rotatable bonds is 5. The van der Waals surface area contributed by atoms with Gasteiger partial charge in [-0.15, -0.1) is 0 Å². The first kappa shape index (κ1) is 11.6. The first-order valence-corrected chi connectivity index (χ1v) is 6.51. The fraction of sp³-hybridized carbons (Fsp3) is 0.750. The van der Waals surface area contributed by atoms with Gasteiger partial charge in [0.2, 0.25) is 5.91 Å². The van der Waals surface area contributed by atoms with Crippen LogP contribution in [0.5, 0.6) is 0 Å². The van der Waals surface area contributed by atoms with Crippen molar-refractivity contribution in [1.29, 1.82) is 0 Å². The van der Waals surface area contributed by atoms with Crippen LogP contribution in [0, 0.1) is 5.41 Å². The molecule has 0 spiro atoms. The number of carbonyl (C=O) groups is 1. The number of thiocarbonyl (C=S) groups is 1. The van der Waals surface area contributed by atoms with Crippen LogP contribution in [0.2, 0.25) is 0 Å². The maximum absolute atomic E-state index is 11.6. The van der Waals surface area contributed by atoms with Crippen LogP contribution in [-0.4, -0.2) is 33.7 Å². The van der Waals surface area contributed by atoms with Crippen molar-refractivity contribution >= 4 is 33.9 Å². The Morgan fingerprint density at radius 3 is 2.57 bits per heavy atom. The third-order valence-electron chi connectivity index (χ3n) is 2.33. The van der Waals surface area contributed by atoms with Gasteiger partial charge < -0.3 is 11.1 Å². The summed E-state index contributed by atoms with van der Waals surface area (Å²) in [7, 11) is -0.878. The molecule has 0 aromatic rings. The molecule has 1 rings (SSSR count). The Labute approximate surface area is 91.1 Å². The second-order valence-corrected chi connectivity index (χ2v) is 5.47. The van der Waals surface area contributed by atoms with Gasteiger partial charge in [-0.1, -0.05) is 12.2 Å². The van der Waals surface area contributed by atoms with Crippen LogP contribution in [0.1, 0.15) is 12.8 Å². The van der Waals surface area contributed by atoms with E-state index in [0.717, 1.165) is 12.8 Å². The van der Waals surface area contributed by atoms with Crippen molar-refractivity contribution in [2.45, 2.75) is 12.8 Å². The molecule has 1 fully saturated rings. The van der Waals surface area contributed by atoms with E-state index in [4.69, 9.17) is 18.0 Å². The molecule has 1 saturated carbocycles. The second kappa shape index (κ2) is 4.35. The zero-order chi connectivity index (χ0) is 10.8. The van der Waals surface area contributed by atoms with Gasteiger partial charge in [0.1, 0.15) is 0 Å². The predicted molar refractivity (Wildman–Crippen MR) is 60.4 cm³/mol. The standard InChI is InChI=1S/C8H14N2O2S2/c1-14(12)5-4-10-7(11)8(2-3-8)6(9)13/h2-5H2,1H3,(H2,9,13)(H,10,11). The zero-order valence-electron chi connectivity index (χ0n) is 8.04. The largest absolute Gasteiger partial charge is 0.392 e. The Balaban J connectivity index is 2.36. The SMILES string of the molecule is CS(=O)CCNC(=O)C1(C(N)=S)CC1. The summed E-state index contributed by atoms with van der Waals surface area (Å²) in [6, 6.07) is 0. The second-order valence-electron chi connectivity index (χ2n) is 3.48. The molecular weight excluding hydrogens is 220 g/mol. The highest BCUT2D eigenvalue weighted by atomic mass is 32.2. The molecule has 1 amide bonds. The van der Waals surface area contributed by atoms with Crippen molar-refractivity contribution in [2.24, 2.45) is 11.1 Å². The zero-order valence-corrected chi connectivity index (χ0v) is 9.67. The van der Waals surface area contributed by atoms with Crippen LogP contribution >= 0.6 is 12.2 Å². The van der Waals surface area contributed by atoms with E-state index in [-0.39, 0.29) is 10.9 Å². The summed E-state index contributed by atoms with van der Waals surface area (Å²) in [4.78, 5) is 11.8. The van der Waals surface area contributed by atoms with Crippen LogP contribution < -0.4 is 11.1 Å². The van der Waals surface area contributed by atoms with E-state index in [2.05, 4.69) is 5.32 Å². The Morgan fingerprint density at radius 2 is 2.21 bits per heavy atom. The quantitative estimate of drug-likeness (QED) is 0.632. The van der Waals surface area contributed by atoms with Crippen molar-refractivity contribution < 1.29 is 9.00 Å². The molecule has 1 aliphatic carbocycles. The topological polar surface area (TPSA) is 72.2 Å². The maximum atomic E-state index is 11.6. The molecule has 0 heterocycles. The highest BCUT2D eigenvalue weighted by Crippen LogP contribution is 2.46. The summed E-state index contributed by atoms with van der Waals surface area (Å²) in [5.74, 6) is 0.356. The molecule has 0 aromatic heterocycles. The molecule has 14 heavy (non-hydrogen) atoms. The molecule has 1 atom stereocenters. The maximum Gasteiger partial charge on any atom is 0.233 e. The van der Waals surface area contributed by atoms with Crippen molar-refractivity contribution in [3.8, 4) is 0 Å². The lowest BCUT2D eigenvalue weighted by Gasteiger charge is -2.12. The number of carbonyl (C=O) groups excluding carboxylic acids is 1. The molecule has 0 aromatic carbocycles. The number of hydrogen-bond acceptors (Lipinski definition) is 3. The molecule has 0 bridgehead atoms. The van der Waals surface area contributed by atoms with Gasteiger partial charge >= 0.3 is 0 Å². The fourth-order valence-electron chi connectivity index (χ4n) is 1.19. The lowest BCUT2D eigenvalue weighted by molar-refractivity contribution is -0.123. The average Bonchev–Trinajstić information content (AvgIpc) is 2.82. The van der Waals surface area contributed by atoms with E-state index in [1.165, 1.54) is 0 Å². The minimum Gasteiger partial charge on any atom is -0.392 e.